The summed E-state index contributed by atoms with van der Waals surface area (Å²) in [5.74, 6) is -0.576. The van der Waals surface area contributed by atoms with Gasteiger partial charge in [-0.2, -0.15) is 0 Å². The number of likely N-dealkylation sites (tertiary alicyclic amines) is 1. The average molecular weight is 445 g/mol. The number of rotatable bonds is 7. The third-order valence-electron chi connectivity index (χ3n) is 4.93. The number of benzene rings is 2. The van der Waals surface area contributed by atoms with Gasteiger partial charge in [-0.1, -0.05) is 17.7 Å². The number of carbonyl (C=O) groups excluding carboxylic acids is 3. The number of nitrogens with one attached hydrogen (secondary N) is 1. The molecule has 2 aromatic carbocycles. The lowest BCUT2D eigenvalue weighted by Crippen LogP contribution is -2.43. The molecule has 31 heavy (non-hydrogen) atoms. The summed E-state index contributed by atoms with van der Waals surface area (Å²) in [5.41, 5.74) is 1.12. The lowest BCUT2D eigenvalue weighted by atomic mass is 9.96. The Labute approximate surface area is 186 Å². The minimum atomic E-state index is -0.454. The number of halogens is 1. The molecule has 0 radical (unpaired) electrons. The van der Waals surface area contributed by atoms with Crippen molar-refractivity contribution in [3.05, 3.63) is 59.1 Å². The van der Waals surface area contributed by atoms with Gasteiger partial charge in [0.25, 0.3) is 5.91 Å². The SMILES string of the molecule is CCOC(=O)COc1cccc(NC(=O)C2CCCN(C(=O)c3ccc(Cl)cc3)C2)c1. The van der Waals surface area contributed by atoms with Crippen LogP contribution in [0.1, 0.15) is 30.1 Å². The van der Waals surface area contributed by atoms with Crippen LogP contribution in [-0.2, 0) is 14.3 Å². The molecule has 1 fully saturated rings. The van der Waals surface area contributed by atoms with Crippen LogP contribution in [0.4, 0.5) is 5.69 Å². The van der Waals surface area contributed by atoms with Crippen LogP contribution in [0.15, 0.2) is 48.5 Å². The van der Waals surface area contributed by atoms with E-state index in [-0.39, 0.29) is 30.9 Å². The van der Waals surface area contributed by atoms with Crippen molar-refractivity contribution < 1.29 is 23.9 Å². The highest BCUT2D eigenvalue weighted by molar-refractivity contribution is 6.30. The van der Waals surface area contributed by atoms with E-state index in [1.807, 2.05) is 0 Å². The predicted octanol–water partition coefficient (Wildman–Crippen LogP) is 3.77. The highest BCUT2D eigenvalue weighted by atomic mass is 35.5. The van der Waals surface area contributed by atoms with Gasteiger partial charge in [-0.25, -0.2) is 4.79 Å². The fourth-order valence-electron chi connectivity index (χ4n) is 3.40. The van der Waals surface area contributed by atoms with Crippen LogP contribution in [0.3, 0.4) is 0 Å². The number of anilines is 1. The van der Waals surface area contributed by atoms with Crippen molar-refractivity contribution in [2.75, 3.05) is 31.6 Å². The molecule has 0 spiro atoms. The quantitative estimate of drug-likeness (QED) is 0.657. The van der Waals surface area contributed by atoms with Crippen LogP contribution in [-0.4, -0.2) is 49.0 Å². The molecule has 0 aromatic heterocycles. The molecule has 7 nitrogen and oxygen atoms in total. The van der Waals surface area contributed by atoms with Crippen molar-refractivity contribution in [3.8, 4) is 5.75 Å². The van der Waals surface area contributed by atoms with Gasteiger partial charge in [0.15, 0.2) is 6.61 Å². The molecule has 1 aliphatic heterocycles. The Bertz CT molecular complexity index is 932. The molecule has 0 aliphatic carbocycles. The minimum absolute atomic E-state index is 0.108. The number of nitrogens with zero attached hydrogens (tertiary/aromatic N) is 1. The molecule has 2 amide bonds. The average Bonchev–Trinajstić information content (AvgIpc) is 2.78. The number of hydrogen-bond donors (Lipinski definition) is 1. The zero-order valence-corrected chi connectivity index (χ0v) is 18.1. The molecule has 1 unspecified atom stereocenters. The highest BCUT2D eigenvalue weighted by Gasteiger charge is 2.29. The first-order chi connectivity index (χ1) is 15.0. The molecule has 0 saturated carbocycles. The summed E-state index contributed by atoms with van der Waals surface area (Å²) in [6, 6.07) is 13.6. The summed E-state index contributed by atoms with van der Waals surface area (Å²) >= 11 is 5.89. The Morgan fingerprint density at radius 1 is 1.16 bits per heavy atom. The zero-order chi connectivity index (χ0) is 22.2. The van der Waals surface area contributed by atoms with Gasteiger partial charge in [0.05, 0.1) is 12.5 Å². The van der Waals surface area contributed by atoms with Crippen molar-refractivity contribution in [3.63, 3.8) is 0 Å². The summed E-state index contributed by atoms with van der Waals surface area (Å²) in [5, 5.41) is 3.45. The van der Waals surface area contributed by atoms with E-state index in [4.69, 9.17) is 21.1 Å². The summed E-state index contributed by atoms with van der Waals surface area (Å²) in [6.07, 6.45) is 1.45. The minimum Gasteiger partial charge on any atom is -0.482 e. The Balaban J connectivity index is 1.57. The maximum absolute atomic E-state index is 12.8. The van der Waals surface area contributed by atoms with Crippen LogP contribution < -0.4 is 10.1 Å². The second-order valence-electron chi connectivity index (χ2n) is 7.21. The van der Waals surface area contributed by atoms with Crippen molar-refractivity contribution in [1.82, 2.24) is 4.90 Å². The third-order valence-corrected chi connectivity index (χ3v) is 5.19. The fraction of sp³-hybridized carbons (Fsp3) is 0.348. The molecule has 2 aromatic rings. The monoisotopic (exact) mass is 444 g/mol. The van der Waals surface area contributed by atoms with E-state index in [9.17, 15) is 14.4 Å². The molecular formula is C23H25ClN2O5. The molecule has 1 saturated heterocycles. The Hall–Kier alpha value is -3.06. The van der Waals surface area contributed by atoms with Gasteiger partial charge < -0.3 is 19.7 Å². The summed E-state index contributed by atoms with van der Waals surface area (Å²) in [6.45, 7) is 2.78. The predicted molar refractivity (Wildman–Crippen MR) is 117 cm³/mol. The molecule has 1 atom stereocenters. The van der Waals surface area contributed by atoms with Crippen LogP contribution in [0.2, 0.25) is 5.02 Å². The lowest BCUT2D eigenvalue weighted by Gasteiger charge is -2.32. The molecule has 1 N–H and O–H groups in total. The summed E-state index contributed by atoms with van der Waals surface area (Å²) < 4.78 is 10.2. The second kappa shape index (κ2) is 10.8. The number of piperidine rings is 1. The lowest BCUT2D eigenvalue weighted by molar-refractivity contribution is -0.145. The first kappa shape index (κ1) is 22.6. The summed E-state index contributed by atoms with van der Waals surface area (Å²) in [4.78, 5) is 38.7. The van der Waals surface area contributed by atoms with Crippen LogP contribution in [0.5, 0.6) is 5.75 Å². The van der Waals surface area contributed by atoms with E-state index in [0.717, 1.165) is 6.42 Å². The molecule has 0 bridgehead atoms. The molecule has 1 aliphatic rings. The van der Waals surface area contributed by atoms with E-state index in [1.165, 1.54) is 0 Å². The Morgan fingerprint density at radius 2 is 1.94 bits per heavy atom. The van der Waals surface area contributed by atoms with E-state index < -0.39 is 5.97 Å². The maximum atomic E-state index is 12.8. The van der Waals surface area contributed by atoms with Gasteiger partial charge in [0.2, 0.25) is 5.91 Å². The third kappa shape index (κ3) is 6.46. The first-order valence-corrected chi connectivity index (χ1v) is 10.6. The number of amides is 2. The number of esters is 1. The standard InChI is InChI=1S/C23H25ClN2O5/c1-2-30-21(27)15-31-20-7-3-6-19(13-20)25-22(28)17-5-4-12-26(14-17)23(29)16-8-10-18(24)11-9-16/h3,6-11,13,17H,2,4-5,12,14-15H2,1H3,(H,25,28). The molecular weight excluding hydrogens is 420 g/mol. The van der Waals surface area contributed by atoms with Gasteiger partial charge in [-0.3, -0.25) is 9.59 Å². The van der Waals surface area contributed by atoms with Gasteiger partial charge >= 0.3 is 5.97 Å². The molecule has 3 rings (SSSR count). The Kier molecular flexibility index (Phi) is 7.89. The number of ether oxygens (including phenoxy) is 2. The number of hydrogen-bond acceptors (Lipinski definition) is 5. The van der Waals surface area contributed by atoms with Gasteiger partial charge in [0.1, 0.15) is 5.75 Å². The second-order valence-corrected chi connectivity index (χ2v) is 7.64. The highest BCUT2D eigenvalue weighted by Crippen LogP contribution is 2.23. The number of carbonyl (C=O) groups is 3. The topological polar surface area (TPSA) is 84.9 Å². The summed E-state index contributed by atoms with van der Waals surface area (Å²) in [7, 11) is 0. The maximum Gasteiger partial charge on any atom is 0.344 e. The molecule has 164 valence electrons. The van der Waals surface area contributed by atoms with Crippen molar-refractivity contribution in [2.45, 2.75) is 19.8 Å². The smallest absolute Gasteiger partial charge is 0.344 e. The first-order valence-electron chi connectivity index (χ1n) is 10.2. The van der Waals surface area contributed by atoms with E-state index in [2.05, 4.69) is 5.32 Å². The molecule has 8 heteroatoms. The largest absolute Gasteiger partial charge is 0.482 e. The van der Waals surface area contributed by atoms with Gasteiger partial charge in [-0.05, 0) is 56.2 Å². The zero-order valence-electron chi connectivity index (χ0n) is 17.3. The van der Waals surface area contributed by atoms with Crippen molar-refractivity contribution in [2.24, 2.45) is 5.92 Å². The van der Waals surface area contributed by atoms with Crippen molar-refractivity contribution in [1.29, 1.82) is 0 Å². The van der Waals surface area contributed by atoms with E-state index in [0.29, 0.717) is 41.5 Å². The van der Waals surface area contributed by atoms with E-state index in [1.54, 1.807) is 60.4 Å². The van der Waals surface area contributed by atoms with Crippen LogP contribution >= 0.6 is 11.6 Å². The van der Waals surface area contributed by atoms with Crippen LogP contribution in [0.25, 0.3) is 0 Å². The van der Waals surface area contributed by atoms with E-state index >= 15 is 0 Å². The molecule has 1 heterocycles. The van der Waals surface area contributed by atoms with Gasteiger partial charge in [-0.15, -0.1) is 0 Å². The van der Waals surface area contributed by atoms with Crippen LogP contribution in [0, 0.1) is 5.92 Å². The van der Waals surface area contributed by atoms with Crippen molar-refractivity contribution >= 4 is 35.1 Å². The normalized spacial score (nSPS) is 15.8. The fourth-order valence-corrected chi connectivity index (χ4v) is 3.53. The Morgan fingerprint density at radius 3 is 2.68 bits per heavy atom. The van der Waals surface area contributed by atoms with Gasteiger partial charge in [0, 0.05) is 35.4 Å².